The Morgan fingerprint density at radius 1 is 1.29 bits per heavy atom. The number of thioether (sulfide) groups is 1. The Morgan fingerprint density at radius 2 is 2.06 bits per heavy atom. The number of hydrogen-bond acceptors (Lipinski definition) is 6. The average Bonchev–Trinajstić information content (AvgIpc) is 2.73. The maximum Gasteiger partial charge on any atom is 0.317 e. The Morgan fingerprint density at radius 3 is 2.77 bits per heavy atom. The van der Waals surface area contributed by atoms with E-state index in [2.05, 4.69) is 20.6 Å². The van der Waals surface area contributed by atoms with Crippen LogP contribution in [0.15, 0.2) is 35.5 Å². The van der Waals surface area contributed by atoms with Crippen LogP contribution in [0.2, 0.25) is 5.15 Å². The van der Waals surface area contributed by atoms with Crippen molar-refractivity contribution < 1.29 is 14.0 Å². The van der Waals surface area contributed by atoms with Crippen LogP contribution in [-0.4, -0.2) is 64.8 Å². The number of carbonyl (C=O) groups excluding carboxylic acids is 2. The van der Waals surface area contributed by atoms with E-state index in [0.717, 1.165) is 11.8 Å². The average molecular weight is 467 g/mol. The molecule has 1 saturated heterocycles. The number of aromatic nitrogens is 2. The van der Waals surface area contributed by atoms with Crippen molar-refractivity contribution in [3.05, 3.63) is 41.3 Å². The van der Waals surface area contributed by atoms with E-state index in [9.17, 15) is 14.0 Å². The number of urea groups is 1. The molecular formula is C20H24ClFN6O2S. The molecule has 2 aromatic rings. The maximum absolute atomic E-state index is 13.7. The van der Waals surface area contributed by atoms with E-state index < -0.39 is 5.82 Å². The molecule has 1 atom stereocenters. The minimum Gasteiger partial charge on any atom is -0.353 e. The predicted octanol–water partition coefficient (Wildman–Crippen LogP) is 3.24. The highest BCUT2D eigenvalue weighted by Gasteiger charge is 2.28. The third-order valence-electron chi connectivity index (χ3n) is 4.68. The van der Waals surface area contributed by atoms with Crippen molar-refractivity contribution in [2.75, 3.05) is 42.1 Å². The SMILES string of the molecule is CCNC(=O)N1CCN(c2cc(Cl)nc(SCC(=O)Nc3ccccc3F)n2)CC1C. The molecular weight excluding hydrogens is 443 g/mol. The number of para-hydroxylation sites is 1. The standard InChI is InChI=1S/C20H24ClFN6O2S/c1-3-23-20(30)28-9-8-27(11-13(28)2)17-10-16(21)25-19(26-17)31-12-18(29)24-15-7-5-4-6-14(15)22/h4-7,10,13H,3,8-9,11-12H2,1-2H3,(H,23,30)(H,24,29). The molecule has 0 bridgehead atoms. The number of amides is 3. The molecule has 0 radical (unpaired) electrons. The summed E-state index contributed by atoms with van der Waals surface area (Å²) >= 11 is 7.29. The Balaban J connectivity index is 1.61. The van der Waals surface area contributed by atoms with Gasteiger partial charge in [0, 0.05) is 38.3 Å². The van der Waals surface area contributed by atoms with Crippen LogP contribution in [0.5, 0.6) is 0 Å². The van der Waals surface area contributed by atoms with Gasteiger partial charge in [0.05, 0.1) is 11.4 Å². The van der Waals surface area contributed by atoms with Crippen LogP contribution < -0.4 is 15.5 Å². The monoisotopic (exact) mass is 466 g/mol. The largest absolute Gasteiger partial charge is 0.353 e. The number of halogens is 2. The van der Waals surface area contributed by atoms with Crippen LogP contribution >= 0.6 is 23.4 Å². The van der Waals surface area contributed by atoms with E-state index in [1.807, 2.05) is 18.7 Å². The first kappa shape index (κ1) is 23.1. The summed E-state index contributed by atoms with van der Waals surface area (Å²) < 4.78 is 13.7. The summed E-state index contributed by atoms with van der Waals surface area (Å²) in [5.41, 5.74) is 0.125. The molecule has 0 aliphatic carbocycles. The number of nitrogens with zero attached hydrogens (tertiary/aromatic N) is 4. The molecule has 11 heteroatoms. The summed E-state index contributed by atoms with van der Waals surface area (Å²) in [7, 11) is 0. The minimum absolute atomic E-state index is 0.00306. The molecule has 1 fully saturated rings. The molecule has 31 heavy (non-hydrogen) atoms. The summed E-state index contributed by atoms with van der Waals surface area (Å²) in [6, 6.07) is 7.56. The number of carbonyl (C=O) groups is 2. The lowest BCUT2D eigenvalue weighted by Crippen LogP contribution is -2.56. The van der Waals surface area contributed by atoms with Gasteiger partial charge in [-0.1, -0.05) is 35.5 Å². The molecule has 166 valence electrons. The van der Waals surface area contributed by atoms with Crippen LogP contribution in [0.1, 0.15) is 13.8 Å². The predicted molar refractivity (Wildman–Crippen MR) is 120 cm³/mol. The van der Waals surface area contributed by atoms with Gasteiger partial charge in [-0.3, -0.25) is 4.79 Å². The minimum atomic E-state index is -0.497. The van der Waals surface area contributed by atoms with Crippen molar-refractivity contribution in [3.8, 4) is 0 Å². The second kappa shape index (κ2) is 10.6. The number of hydrogen-bond donors (Lipinski definition) is 2. The highest BCUT2D eigenvalue weighted by Crippen LogP contribution is 2.24. The van der Waals surface area contributed by atoms with Gasteiger partial charge in [0.25, 0.3) is 0 Å². The molecule has 1 aliphatic heterocycles. The molecule has 1 aromatic carbocycles. The summed E-state index contributed by atoms with van der Waals surface area (Å²) in [4.78, 5) is 36.8. The number of rotatable bonds is 6. The van der Waals surface area contributed by atoms with E-state index >= 15 is 0 Å². The highest BCUT2D eigenvalue weighted by molar-refractivity contribution is 7.99. The molecule has 1 aromatic heterocycles. The first-order valence-electron chi connectivity index (χ1n) is 9.88. The van der Waals surface area contributed by atoms with E-state index in [0.29, 0.717) is 37.2 Å². The highest BCUT2D eigenvalue weighted by atomic mass is 35.5. The van der Waals surface area contributed by atoms with Crippen molar-refractivity contribution in [1.82, 2.24) is 20.2 Å². The summed E-state index contributed by atoms with van der Waals surface area (Å²) in [5, 5.41) is 5.97. The lowest BCUT2D eigenvalue weighted by atomic mass is 10.2. The molecule has 1 aliphatic rings. The van der Waals surface area contributed by atoms with Crippen LogP contribution in [0, 0.1) is 5.82 Å². The third-order valence-corrected chi connectivity index (χ3v) is 5.72. The van der Waals surface area contributed by atoms with Crippen LogP contribution in [-0.2, 0) is 4.79 Å². The van der Waals surface area contributed by atoms with Gasteiger partial charge in [0.2, 0.25) is 5.91 Å². The first-order chi connectivity index (χ1) is 14.9. The topological polar surface area (TPSA) is 90.5 Å². The molecule has 0 spiro atoms. The van der Waals surface area contributed by atoms with Crippen LogP contribution in [0.4, 0.5) is 20.7 Å². The van der Waals surface area contributed by atoms with Crippen LogP contribution in [0.3, 0.4) is 0 Å². The lowest BCUT2D eigenvalue weighted by Gasteiger charge is -2.40. The van der Waals surface area contributed by atoms with Gasteiger partial charge in [-0.25, -0.2) is 19.2 Å². The quantitative estimate of drug-likeness (QED) is 0.386. The summed E-state index contributed by atoms with van der Waals surface area (Å²) in [6.45, 7) is 6.21. The zero-order valence-electron chi connectivity index (χ0n) is 17.3. The number of nitrogens with one attached hydrogen (secondary N) is 2. The normalized spacial score (nSPS) is 16.2. The Kier molecular flexibility index (Phi) is 7.91. The first-order valence-corrected chi connectivity index (χ1v) is 11.2. The van der Waals surface area contributed by atoms with Gasteiger partial charge in [0.1, 0.15) is 16.8 Å². The smallest absolute Gasteiger partial charge is 0.317 e. The molecule has 2 heterocycles. The van der Waals surface area contributed by atoms with Gasteiger partial charge >= 0.3 is 6.03 Å². The van der Waals surface area contributed by atoms with Gasteiger partial charge in [-0.15, -0.1) is 0 Å². The number of benzene rings is 1. The Labute approximate surface area is 189 Å². The molecule has 2 N–H and O–H groups in total. The number of anilines is 2. The van der Waals surface area contributed by atoms with E-state index in [4.69, 9.17) is 11.6 Å². The van der Waals surface area contributed by atoms with Gasteiger partial charge < -0.3 is 20.4 Å². The van der Waals surface area contributed by atoms with Gasteiger partial charge in [-0.05, 0) is 26.0 Å². The summed E-state index contributed by atoms with van der Waals surface area (Å²) in [6.07, 6.45) is 0. The molecule has 8 nitrogen and oxygen atoms in total. The second-order valence-corrected chi connectivity index (χ2v) is 8.30. The van der Waals surface area contributed by atoms with Gasteiger partial charge in [-0.2, -0.15) is 0 Å². The van der Waals surface area contributed by atoms with Gasteiger partial charge in [0.15, 0.2) is 5.16 Å². The maximum atomic E-state index is 13.7. The fourth-order valence-electron chi connectivity index (χ4n) is 3.21. The fourth-order valence-corrected chi connectivity index (χ4v) is 4.09. The van der Waals surface area contributed by atoms with Crippen LogP contribution in [0.25, 0.3) is 0 Å². The van der Waals surface area contributed by atoms with Crippen molar-refractivity contribution in [2.24, 2.45) is 0 Å². The Bertz CT molecular complexity index is 950. The second-order valence-electron chi connectivity index (χ2n) is 6.97. The Hall–Kier alpha value is -2.59. The zero-order chi connectivity index (χ0) is 22.4. The molecule has 1 unspecified atom stereocenters. The third kappa shape index (κ3) is 6.20. The fraction of sp³-hybridized carbons (Fsp3) is 0.400. The molecule has 3 rings (SSSR count). The van der Waals surface area contributed by atoms with E-state index in [1.54, 1.807) is 23.1 Å². The van der Waals surface area contributed by atoms with Crippen molar-refractivity contribution in [1.29, 1.82) is 0 Å². The van der Waals surface area contributed by atoms with Crippen molar-refractivity contribution >= 4 is 46.8 Å². The van der Waals surface area contributed by atoms with Crippen molar-refractivity contribution in [3.63, 3.8) is 0 Å². The summed E-state index contributed by atoms with van der Waals surface area (Å²) in [5.74, 6) is -0.220. The van der Waals surface area contributed by atoms with E-state index in [-0.39, 0.29) is 34.6 Å². The molecule has 3 amide bonds. The number of piperazine rings is 1. The van der Waals surface area contributed by atoms with E-state index in [1.165, 1.54) is 12.1 Å². The molecule has 0 saturated carbocycles. The van der Waals surface area contributed by atoms with Crippen molar-refractivity contribution in [2.45, 2.75) is 25.0 Å². The zero-order valence-corrected chi connectivity index (χ0v) is 18.8. The lowest BCUT2D eigenvalue weighted by molar-refractivity contribution is -0.113.